The minimum atomic E-state index is -0.164. The molecule has 0 radical (unpaired) electrons. The molecular formula is C16H16N6O2S2. The second-order valence-corrected chi connectivity index (χ2v) is 7.94. The van der Waals surface area contributed by atoms with Gasteiger partial charge >= 0.3 is 0 Å². The fourth-order valence-electron chi connectivity index (χ4n) is 2.38. The van der Waals surface area contributed by atoms with Crippen LogP contribution < -0.4 is 5.56 Å². The molecule has 4 heterocycles. The van der Waals surface area contributed by atoms with Crippen LogP contribution in [-0.2, 0) is 12.8 Å². The highest BCUT2D eigenvalue weighted by molar-refractivity contribution is 7.98. The summed E-state index contributed by atoms with van der Waals surface area (Å²) in [6, 6.07) is 5.17. The summed E-state index contributed by atoms with van der Waals surface area (Å²) in [5.41, 5.74) is 0.532. The Morgan fingerprint density at radius 2 is 2.19 bits per heavy atom. The van der Waals surface area contributed by atoms with E-state index >= 15 is 0 Å². The third kappa shape index (κ3) is 3.06. The summed E-state index contributed by atoms with van der Waals surface area (Å²) in [5, 5.41) is 14.3. The Morgan fingerprint density at radius 3 is 2.92 bits per heavy atom. The molecule has 134 valence electrons. The van der Waals surface area contributed by atoms with Gasteiger partial charge in [0.1, 0.15) is 5.01 Å². The monoisotopic (exact) mass is 388 g/mol. The number of thioether (sulfide) groups is 1. The molecule has 4 aromatic rings. The predicted octanol–water partition coefficient (Wildman–Crippen LogP) is 2.96. The van der Waals surface area contributed by atoms with Gasteiger partial charge in [0.05, 0.1) is 12.0 Å². The third-order valence-corrected chi connectivity index (χ3v) is 6.00. The summed E-state index contributed by atoms with van der Waals surface area (Å²) in [6.45, 7) is 4.09. The lowest BCUT2D eigenvalue weighted by Crippen LogP contribution is -2.15. The lowest BCUT2D eigenvalue weighted by molar-refractivity contribution is 0.572. The Kier molecular flexibility index (Phi) is 4.37. The molecule has 0 aliphatic carbocycles. The molecule has 0 saturated carbocycles. The Morgan fingerprint density at radius 1 is 1.35 bits per heavy atom. The smallest absolute Gasteiger partial charge is 0.275 e. The lowest BCUT2D eigenvalue weighted by Gasteiger charge is -2.02. The van der Waals surface area contributed by atoms with E-state index in [0.717, 1.165) is 10.2 Å². The van der Waals surface area contributed by atoms with Gasteiger partial charge in [-0.1, -0.05) is 36.9 Å². The molecule has 0 spiro atoms. The number of nitrogens with zero attached hydrogens (tertiary/aromatic N) is 6. The summed E-state index contributed by atoms with van der Waals surface area (Å²) < 4.78 is 8.59. The average molecular weight is 388 g/mol. The fraction of sp³-hybridized carbons (Fsp3) is 0.312. The average Bonchev–Trinajstić information content (AvgIpc) is 3.32. The van der Waals surface area contributed by atoms with E-state index in [0.29, 0.717) is 28.0 Å². The first-order chi connectivity index (χ1) is 12.5. The molecule has 10 heteroatoms. The summed E-state index contributed by atoms with van der Waals surface area (Å²) >= 11 is 2.92. The molecule has 0 unspecified atom stereocenters. The van der Waals surface area contributed by atoms with Crippen molar-refractivity contribution in [3.63, 3.8) is 0 Å². The van der Waals surface area contributed by atoms with E-state index < -0.39 is 0 Å². The predicted molar refractivity (Wildman–Crippen MR) is 99.5 cm³/mol. The van der Waals surface area contributed by atoms with Crippen molar-refractivity contribution in [1.29, 1.82) is 0 Å². The van der Waals surface area contributed by atoms with Gasteiger partial charge in [-0.05, 0) is 12.1 Å². The van der Waals surface area contributed by atoms with Crippen molar-refractivity contribution in [3.05, 3.63) is 45.5 Å². The molecular weight excluding hydrogens is 372 g/mol. The first kappa shape index (κ1) is 17.0. The van der Waals surface area contributed by atoms with Crippen molar-refractivity contribution in [2.75, 3.05) is 0 Å². The number of rotatable bonds is 5. The molecule has 0 fully saturated rings. The minimum Gasteiger partial charge on any atom is -0.461 e. The van der Waals surface area contributed by atoms with Crippen LogP contribution in [0.5, 0.6) is 0 Å². The van der Waals surface area contributed by atoms with Crippen molar-refractivity contribution < 1.29 is 4.42 Å². The van der Waals surface area contributed by atoms with Crippen LogP contribution in [0.3, 0.4) is 0 Å². The normalized spacial score (nSPS) is 11.7. The zero-order valence-corrected chi connectivity index (χ0v) is 16.0. The van der Waals surface area contributed by atoms with E-state index in [1.165, 1.54) is 33.7 Å². The van der Waals surface area contributed by atoms with Crippen molar-refractivity contribution in [3.8, 4) is 11.6 Å². The summed E-state index contributed by atoms with van der Waals surface area (Å²) in [6.07, 6.45) is 1.60. The molecule has 4 aromatic heterocycles. The van der Waals surface area contributed by atoms with Gasteiger partial charge in [0.25, 0.3) is 5.56 Å². The molecule has 0 aromatic carbocycles. The number of hydrogen-bond acceptors (Lipinski definition) is 8. The highest BCUT2D eigenvalue weighted by atomic mass is 32.2. The van der Waals surface area contributed by atoms with Gasteiger partial charge in [-0.25, -0.2) is 4.98 Å². The van der Waals surface area contributed by atoms with Gasteiger partial charge in [0, 0.05) is 24.8 Å². The van der Waals surface area contributed by atoms with Gasteiger partial charge in [-0.15, -0.1) is 10.2 Å². The third-order valence-electron chi connectivity index (χ3n) is 3.73. The molecule has 8 nitrogen and oxygen atoms in total. The van der Waals surface area contributed by atoms with Crippen LogP contribution in [0.15, 0.2) is 38.8 Å². The van der Waals surface area contributed by atoms with Gasteiger partial charge < -0.3 is 8.98 Å². The molecule has 0 aliphatic rings. The number of aromatic nitrogens is 6. The quantitative estimate of drug-likeness (QED) is 0.485. The minimum absolute atomic E-state index is 0.164. The van der Waals surface area contributed by atoms with Crippen LogP contribution in [0.4, 0.5) is 0 Å². The molecule has 0 aliphatic heterocycles. The van der Waals surface area contributed by atoms with E-state index in [9.17, 15) is 4.79 Å². The molecule has 26 heavy (non-hydrogen) atoms. The summed E-state index contributed by atoms with van der Waals surface area (Å²) in [4.78, 5) is 17.5. The van der Waals surface area contributed by atoms with E-state index in [1.54, 1.807) is 6.26 Å². The second kappa shape index (κ2) is 6.69. The molecule has 0 bridgehead atoms. The van der Waals surface area contributed by atoms with Gasteiger partial charge in [-0.2, -0.15) is 9.61 Å². The molecule has 0 amide bonds. The summed E-state index contributed by atoms with van der Waals surface area (Å²) in [7, 11) is 1.88. The largest absolute Gasteiger partial charge is 0.461 e. The lowest BCUT2D eigenvalue weighted by atomic mass is 10.2. The Labute approximate surface area is 156 Å². The first-order valence-corrected chi connectivity index (χ1v) is 9.79. The number of furan rings is 1. The Hall–Kier alpha value is -2.46. The maximum Gasteiger partial charge on any atom is 0.275 e. The van der Waals surface area contributed by atoms with Crippen molar-refractivity contribution in [2.24, 2.45) is 7.05 Å². The number of fused-ring (bicyclic) bond motifs is 1. The molecule has 0 saturated heterocycles. The van der Waals surface area contributed by atoms with E-state index in [-0.39, 0.29) is 11.5 Å². The number of hydrogen-bond donors (Lipinski definition) is 0. The molecule has 0 atom stereocenters. The van der Waals surface area contributed by atoms with Crippen molar-refractivity contribution in [1.82, 2.24) is 29.4 Å². The van der Waals surface area contributed by atoms with E-state index in [2.05, 4.69) is 20.3 Å². The summed E-state index contributed by atoms with van der Waals surface area (Å²) in [5.74, 6) is 2.10. The molecule has 0 N–H and O–H groups in total. The van der Waals surface area contributed by atoms with Gasteiger partial charge in [0.2, 0.25) is 4.96 Å². The van der Waals surface area contributed by atoms with E-state index in [1.807, 2.05) is 37.6 Å². The topological polar surface area (TPSA) is 91.1 Å². The first-order valence-electron chi connectivity index (χ1n) is 7.98. The maximum atomic E-state index is 12.3. The zero-order valence-electron chi connectivity index (χ0n) is 14.4. The zero-order chi connectivity index (χ0) is 18.3. The van der Waals surface area contributed by atoms with Gasteiger partial charge in [-0.3, -0.25) is 4.79 Å². The second-order valence-electron chi connectivity index (χ2n) is 6.01. The Bertz CT molecular complexity index is 1110. The van der Waals surface area contributed by atoms with Crippen LogP contribution in [0.2, 0.25) is 0 Å². The van der Waals surface area contributed by atoms with E-state index in [4.69, 9.17) is 4.42 Å². The highest BCUT2D eigenvalue weighted by Crippen LogP contribution is 2.25. The standard InChI is InChI=1S/C16H16N6O2S2/c1-9(2)14-20-22-12(23)7-10(17-15(22)26-14)8-25-16-19-18-13(21(16)3)11-5-4-6-24-11/h4-7,9H,8H2,1-3H3. The van der Waals surface area contributed by atoms with Crippen LogP contribution in [0, 0.1) is 0 Å². The molecule has 4 rings (SSSR count). The highest BCUT2D eigenvalue weighted by Gasteiger charge is 2.15. The SMILES string of the molecule is CC(C)c1nn2c(=O)cc(CSc3nnc(-c4ccco4)n3C)nc2s1. The fourth-order valence-corrected chi connectivity index (χ4v) is 4.11. The van der Waals surface area contributed by atoms with Crippen LogP contribution in [-0.4, -0.2) is 29.4 Å². The maximum absolute atomic E-state index is 12.3. The van der Waals surface area contributed by atoms with Crippen LogP contribution in [0.1, 0.15) is 30.5 Å². The van der Waals surface area contributed by atoms with Crippen molar-refractivity contribution in [2.45, 2.75) is 30.7 Å². The van der Waals surface area contributed by atoms with Crippen LogP contribution >= 0.6 is 23.1 Å². The Balaban J connectivity index is 1.58. The van der Waals surface area contributed by atoms with Crippen LogP contribution in [0.25, 0.3) is 16.5 Å². The van der Waals surface area contributed by atoms with Gasteiger partial charge in [0.15, 0.2) is 16.7 Å². The van der Waals surface area contributed by atoms with Crippen molar-refractivity contribution >= 4 is 28.1 Å².